The molecule has 0 bridgehead atoms. The van der Waals surface area contributed by atoms with Crippen LogP contribution in [0.1, 0.15) is 26.6 Å². The molecule has 0 saturated carbocycles. The zero-order chi connectivity index (χ0) is 23.0. The summed E-state index contributed by atoms with van der Waals surface area (Å²) in [7, 11) is -3.60. The number of hydrogen-bond donors (Lipinski definition) is 1. The summed E-state index contributed by atoms with van der Waals surface area (Å²) in [5, 5.41) is 3.19. The first-order chi connectivity index (χ1) is 15.9. The molecule has 1 aliphatic rings. The topological polar surface area (TPSA) is 105 Å². The second-order valence-corrected chi connectivity index (χ2v) is 10.7. The first-order valence-electron chi connectivity index (χ1n) is 10.3. The number of fused-ring (bicyclic) bond motifs is 1. The molecule has 0 spiro atoms. The Kier molecular flexibility index (Phi) is 5.57. The van der Waals surface area contributed by atoms with Gasteiger partial charge in [-0.15, -0.1) is 11.3 Å². The van der Waals surface area contributed by atoms with Gasteiger partial charge < -0.3 is 4.42 Å². The summed E-state index contributed by atoms with van der Waals surface area (Å²) in [4.78, 5) is 22.5. The highest BCUT2D eigenvalue weighted by molar-refractivity contribution is 7.89. The highest BCUT2D eigenvalue weighted by atomic mass is 32.2. The summed E-state index contributed by atoms with van der Waals surface area (Å²) < 4.78 is 33.0. The average molecular weight is 481 g/mol. The molecule has 2 aromatic heterocycles. The molecule has 0 saturated heterocycles. The van der Waals surface area contributed by atoms with E-state index in [4.69, 9.17) is 4.42 Å². The number of nitrogens with zero attached hydrogens (tertiary/aromatic N) is 3. The zero-order valence-corrected chi connectivity index (χ0v) is 19.3. The van der Waals surface area contributed by atoms with E-state index in [0.717, 1.165) is 21.7 Å². The molecule has 1 N–H and O–H groups in total. The third kappa shape index (κ3) is 4.20. The van der Waals surface area contributed by atoms with Gasteiger partial charge in [0.25, 0.3) is 5.91 Å². The Balaban J connectivity index is 1.34. The standard InChI is InChI=1S/C23H20N4O4S2/c1-15-7-9-17(10-8-15)33(29,30)27-12-11-18-19(13-27)32-23(25-18)26-22(28)20-21(31-14-24-20)16-5-3-2-4-6-16/h2-10,14H,11-13H2,1H3,(H,25,26,28). The van der Waals surface area contributed by atoms with E-state index >= 15 is 0 Å². The minimum absolute atomic E-state index is 0.165. The fourth-order valence-corrected chi connectivity index (χ4v) is 6.16. The van der Waals surface area contributed by atoms with Gasteiger partial charge in [0.1, 0.15) is 0 Å². The maximum atomic E-state index is 13.0. The Labute approximate surface area is 195 Å². The number of rotatable bonds is 5. The van der Waals surface area contributed by atoms with Crippen LogP contribution in [0.4, 0.5) is 5.13 Å². The predicted molar refractivity (Wildman–Crippen MR) is 124 cm³/mol. The van der Waals surface area contributed by atoms with E-state index in [1.54, 1.807) is 24.3 Å². The molecule has 5 rings (SSSR count). The number of benzene rings is 2. The SMILES string of the molecule is Cc1ccc(S(=O)(=O)N2CCc3nc(NC(=O)c4ncoc4-c4ccccc4)sc3C2)cc1. The van der Waals surface area contributed by atoms with Crippen molar-refractivity contribution >= 4 is 32.4 Å². The molecule has 2 aromatic carbocycles. The van der Waals surface area contributed by atoms with Gasteiger partial charge in [-0.3, -0.25) is 10.1 Å². The van der Waals surface area contributed by atoms with Gasteiger partial charge in [0.05, 0.1) is 17.1 Å². The molecule has 0 radical (unpaired) electrons. The van der Waals surface area contributed by atoms with Crippen LogP contribution in [0.5, 0.6) is 0 Å². The Morgan fingerprint density at radius 1 is 1.12 bits per heavy atom. The number of aryl methyl sites for hydroxylation is 1. The van der Waals surface area contributed by atoms with E-state index in [1.807, 2.05) is 37.3 Å². The summed E-state index contributed by atoms with van der Waals surface area (Å²) in [5.41, 5.74) is 2.71. The number of carbonyl (C=O) groups is 1. The van der Waals surface area contributed by atoms with Crippen LogP contribution in [-0.2, 0) is 23.0 Å². The quantitative estimate of drug-likeness (QED) is 0.461. The summed E-state index contributed by atoms with van der Waals surface area (Å²) in [6.45, 7) is 2.47. The van der Waals surface area contributed by atoms with E-state index in [-0.39, 0.29) is 17.1 Å². The van der Waals surface area contributed by atoms with Gasteiger partial charge in [-0.25, -0.2) is 18.4 Å². The first kappa shape index (κ1) is 21.5. The molecule has 0 fully saturated rings. The third-order valence-corrected chi connectivity index (χ3v) is 8.25. The Morgan fingerprint density at radius 2 is 1.88 bits per heavy atom. The molecule has 4 aromatic rings. The number of carbonyl (C=O) groups excluding carboxylic acids is 1. The molecule has 33 heavy (non-hydrogen) atoms. The molecule has 10 heteroatoms. The molecule has 1 aliphatic heterocycles. The van der Waals surface area contributed by atoms with Crippen molar-refractivity contribution in [3.8, 4) is 11.3 Å². The lowest BCUT2D eigenvalue weighted by atomic mass is 10.1. The van der Waals surface area contributed by atoms with Crippen molar-refractivity contribution in [3.63, 3.8) is 0 Å². The van der Waals surface area contributed by atoms with Crippen LogP contribution < -0.4 is 5.32 Å². The van der Waals surface area contributed by atoms with Gasteiger partial charge in [0.15, 0.2) is 23.0 Å². The molecule has 0 unspecified atom stereocenters. The smallest absolute Gasteiger partial charge is 0.280 e. The number of anilines is 1. The molecule has 0 aliphatic carbocycles. The number of sulfonamides is 1. The first-order valence-corrected chi connectivity index (χ1v) is 12.5. The number of nitrogens with one attached hydrogen (secondary N) is 1. The maximum Gasteiger partial charge on any atom is 0.280 e. The van der Waals surface area contributed by atoms with E-state index in [0.29, 0.717) is 23.9 Å². The van der Waals surface area contributed by atoms with Crippen molar-refractivity contribution in [3.05, 3.63) is 82.8 Å². The number of thiazole rings is 1. The van der Waals surface area contributed by atoms with Gasteiger partial charge in [0, 0.05) is 23.4 Å². The van der Waals surface area contributed by atoms with Crippen LogP contribution in [-0.4, -0.2) is 35.1 Å². The average Bonchev–Trinajstić information content (AvgIpc) is 3.46. The highest BCUT2D eigenvalue weighted by Gasteiger charge is 2.31. The zero-order valence-electron chi connectivity index (χ0n) is 17.7. The van der Waals surface area contributed by atoms with Crippen molar-refractivity contribution in [1.29, 1.82) is 0 Å². The fraction of sp³-hybridized carbons (Fsp3) is 0.174. The Bertz CT molecular complexity index is 1410. The minimum Gasteiger partial charge on any atom is -0.443 e. The van der Waals surface area contributed by atoms with E-state index < -0.39 is 15.9 Å². The van der Waals surface area contributed by atoms with Crippen molar-refractivity contribution in [1.82, 2.24) is 14.3 Å². The van der Waals surface area contributed by atoms with Gasteiger partial charge in [-0.1, -0.05) is 48.0 Å². The van der Waals surface area contributed by atoms with E-state index in [1.165, 1.54) is 22.0 Å². The Morgan fingerprint density at radius 3 is 2.64 bits per heavy atom. The summed E-state index contributed by atoms with van der Waals surface area (Å²) in [6, 6.07) is 16.1. The number of hydrogen-bond acceptors (Lipinski definition) is 7. The second-order valence-electron chi connectivity index (χ2n) is 7.64. The van der Waals surface area contributed by atoms with Crippen molar-refractivity contribution in [2.24, 2.45) is 0 Å². The van der Waals surface area contributed by atoms with E-state index in [2.05, 4.69) is 15.3 Å². The number of oxazole rings is 1. The molecular formula is C23H20N4O4S2. The van der Waals surface area contributed by atoms with Crippen LogP contribution in [0, 0.1) is 6.92 Å². The normalized spacial score (nSPS) is 14.1. The maximum absolute atomic E-state index is 13.0. The largest absolute Gasteiger partial charge is 0.443 e. The fourth-order valence-electron chi connectivity index (χ4n) is 3.65. The lowest BCUT2D eigenvalue weighted by molar-refractivity contribution is 0.102. The third-order valence-electron chi connectivity index (χ3n) is 5.39. The van der Waals surface area contributed by atoms with Crippen molar-refractivity contribution in [2.75, 3.05) is 11.9 Å². The van der Waals surface area contributed by atoms with Crippen LogP contribution in [0.2, 0.25) is 0 Å². The summed E-state index contributed by atoms with van der Waals surface area (Å²) in [6.07, 6.45) is 1.71. The predicted octanol–water partition coefficient (Wildman–Crippen LogP) is 4.11. The lowest BCUT2D eigenvalue weighted by Gasteiger charge is -2.25. The Hall–Kier alpha value is -3.34. The second kappa shape index (κ2) is 8.54. The molecule has 8 nitrogen and oxygen atoms in total. The summed E-state index contributed by atoms with van der Waals surface area (Å²) >= 11 is 1.27. The van der Waals surface area contributed by atoms with Crippen LogP contribution in [0.25, 0.3) is 11.3 Å². The van der Waals surface area contributed by atoms with Gasteiger partial charge >= 0.3 is 0 Å². The van der Waals surface area contributed by atoms with Crippen molar-refractivity contribution in [2.45, 2.75) is 24.8 Å². The summed E-state index contributed by atoms with van der Waals surface area (Å²) in [5.74, 6) is -0.0531. The molecular weight excluding hydrogens is 460 g/mol. The minimum atomic E-state index is -3.60. The van der Waals surface area contributed by atoms with Crippen LogP contribution in [0.3, 0.4) is 0 Å². The molecule has 1 amide bonds. The van der Waals surface area contributed by atoms with E-state index in [9.17, 15) is 13.2 Å². The van der Waals surface area contributed by atoms with Gasteiger partial charge in [-0.05, 0) is 19.1 Å². The van der Waals surface area contributed by atoms with Crippen LogP contribution >= 0.6 is 11.3 Å². The van der Waals surface area contributed by atoms with Gasteiger partial charge in [0.2, 0.25) is 10.0 Å². The number of amides is 1. The van der Waals surface area contributed by atoms with Crippen molar-refractivity contribution < 1.29 is 17.6 Å². The molecule has 168 valence electrons. The van der Waals surface area contributed by atoms with Gasteiger partial charge in [-0.2, -0.15) is 4.31 Å². The monoisotopic (exact) mass is 480 g/mol. The number of aromatic nitrogens is 2. The van der Waals surface area contributed by atoms with Crippen LogP contribution in [0.15, 0.2) is 70.3 Å². The molecule has 0 atom stereocenters. The highest BCUT2D eigenvalue weighted by Crippen LogP contribution is 2.32. The lowest BCUT2D eigenvalue weighted by Crippen LogP contribution is -2.35. The molecule has 3 heterocycles.